The van der Waals surface area contributed by atoms with E-state index in [2.05, 4.69) is 15.2 Å². The molecule has 0 aromatic carbocycles. The van der Waals surface area contributed by atoms with Crippen LogP contribution in [0.1, 0.15) is 42.0 Å². The molecule has 0 saturated carbocycles. The van der Waals surface area contributed by atoms with Gasteiger partial charge in [-0.2, -0.15) is 5.10 Å². The van der Waals surface area contributed by atoms with Gasteiger partial charge in [0.25, 0.3) is 0 Å². The third-order valence-corrected chi connectivity index (χ3v) is 4.58. The van der Waals surface area contributed by atoms with Gasteiger partial charge in [0.2, 0.25) is 5.82 Å². The van der Waals surface area contributed by atoms with E-state index < -0.39 is 9.84 Å². The average molecular weight is 255 g/mol. The van der Waals surface area contributed by atoms with Gasteiger partial charge >= 0.3 is 0 Å². The summed E-state index contributed by atoms with van der Waals surface area (Å²) in [6.07, 6.45) is 2.59. The molecule has 0 radical (unpaired) electrons. The Balaban J connectivity index is 2.18. The monoisotopic (exact) mass is 255 g/mol. The fourth-order valence-corrected chi connectivity index (χ4v) is 3.34. The van der Waals surface area contributed by atoms with Crippen molar-refractivity contribution >= 4 is 15.6 Å². The Morgan fingerprint density at radius 3 is 2.59 bits per heavy atom. The van der Waals surface area contributed by atoms with Crippen molar-refractivity contribution in [1.82, 2.24) is 15.2 Å². The molecule has 0 N–H and O–H groups in total. The number of hydrogen-bond donors (Lipinski definition) is 0. The Bertz CT molecular complexity index is 527. The molecule has 0 atom stereocenters. The molecule has 92 valence electrons. The standard InChI is InChI=1S/C10H13N3O3S/c1-7(14)10-12-9(6-11-13-10)8-2-4-17(15,16)5-3-8/h6,8H,2-5H2,1H3. The van der Waals surface area contributed by atoms with E-state index in [1.54, 1.807) is 0 Å². The van der Waals surface area contributed by atoms with Gasteiger partial charge in [-0.3, -0.25) is 4.79 Å². The van der Waals surface area contributed by atoms with Crippen LogP contribution < -0.4 is 0 Å². The SMILES string of the molecule is CC(=O)c1nncc(C2CCS(=O)(=O)CC2)n1. The lowest BCUT2D eigenvalue weighted by atomic mass is 9.99. The summed E-state index contributed by atoms with van der Waals surface area (Å²) in [5.74, 6) is 0.277. The minimum Gasteiger partial charge on any atom is -0.291 e. The Hall–Kier alpha value is -1.37. The van der Waals surface area contributed by atoms with Gasteiger partial charge in [0.05, 0.1) is 23.4 Å². The second-order valence-corrected chi connectivity index (χ2v) is 6.49. The molecule has 2 rings (SSSR count). The number of hydrogen-bond acceptors (Lipinski definition) is 6. The molecular weight excluding hydrogens is 242 g/mol. The summed E-state index contributed by atoms with van der Waals surface area (Å²) in [5, 5.41) is 7.37. The van der Waals surface area contributed by atoms with Crippen LogP contribution in [0, 0.1) is 0 Å². The maximum atomic E-state index is 11.3. The third-order valence-electron chi connectivity index (χ3n) is 2.87. The molecular formula is C10H13N3O3S. The normalized spacial score (nSPS) is 20.1. The lowest BCUT2D eigenvalue weighted by Crippen LogP contribution is -2.23. The minimum absolute atomic E-state index is 0.0622. The third kappa shape index (κ3) is 2.85. The second-order valence-electron chi connectivity index (χ2n) is 4.19. The number of aromatic nitrogens is 3. The van der Waals surface area contributed by atoms with Crippen molar-refractivity contribution in [3.8, 4) is 0 Å². The number of sulfone groups is 1. The summed E-state index contributed by atoms with van der Waals surface area (Å²) in [6, 6.07) is 0. The fraction of sp³-hybridized carbons (Fsp3) is 0.600. The van der Waals surface area contributed by atoms with Crippen LogP contribution in [0.3, 0.4) is 0 Å². The molecule has 0 bridgehead atoms. The summed E-state index contributed by atoms with van der Waals surface area (Å²) in [6.45, 7) is 1.38. The first kappa shape index (κ1) is 12.1. The maximum Gasteiger partial charge on any atom is 0.217 e. The summed E-state index contributed by atoms with van der Waals surface area (Å²) in [4.78, 5) is 15.2. The first-order valence-corrected chi connectivity index (χ1v) is 7.21. The first-order chi connectivity index (χ1) is 7.98. The predicted molar refractivity (Wildman–Crippen MR) is 60.5 cm³/mol. The highest BCUT2D eigenvalue weighted by molar-refractivity contribution is 7.91. The molecule has 1 saturated heterocycles. The number of ketones is 1. The van der Waals surface area contributed by atoms with Crippen molar-refractivity contribution in [1.29, 1.82) is 0 Å². The molecule has 1 aromatic rings. The molecule has 17 heavy (non-hydrogen) atoms. The number of rotatable bonds is 2. The smallest absolute Gasteiger partial charge is 0.217 e. The van der Waals surface area contributed by atoms with Crippen molar-refractivity contribution < 1.29 is 13.2 Å². The molecule has 1 fully saturated rings. The Labute approximate surface area is 99.4 Å². The zero-order valence-electron chi connectivity index (χ0n) is 9.46. The summed E-state index contributed by atoms with van der Waals surface area (Å²) in [7, 11) is -2.88. The Morgan fingerprint density at radius 2 is 2.00 bits per heavy atom. The van der Waals surface area contributed by atoms with Crippen LogP contribution in [0.25, 0.3) is 0 Å². The van der Waals surface area contributed by atoms with Crippen LogP contribution in [0.15, 0.2) is 6.20 Å². The van der Waals surface area contributed by atoms with E-state index in [-0.39, 0.29) is 29.0 Å². The second kappa shape index (κ2) is 4.48. The van der Waals surface area contributed by atoms with Crippen LogP contribution in [0.2, 0.25) is 0 Å². The quantitative estimate of drug-likeness (QED) is 0.709. The van der Waals surface area contributed by atoms with Crippen molar-refractivity contribution in [2.45, 2.75) is 25.7 Å². The molecule has 1 aliphatic rings. The van der Waals surface area contributed by atoms with Crippen LogP contribution in [0.5, 0.6) is 0 Å². The average Bonchev–Trinajstić information content (AvgIpc) is 2.29. The van der Waals surface area contributed by atoms with Gasteiger partial charge in [0.15, 0.2) is 5.78 Å². The summed E-state index contributed by atoms with van der Waals surface area (Å²) in [5.41, 5.74) is 0.667. The van der Waals surface area contributed by atoms with E-state index >= 15 is 0 Å². The van der Waals surface area contributed by atoms with Crippen molar-refractivity contribution in [3.05, 3.63) is 17.7 Å². The molecule has 2 heterocycles. The van der Waals surface area contributed by atoms with Crippen LogP contribution in [-0.2, 0) is 9.84 Å². The largest absolute Gasteiger partial charge is 0.291 e. The molecule has 0 unspecified atom stereocenters. The molecule has 1 aromatic heterocycles. The van der Waals surface area contributed by atoms with E-state index in [4.69, 9.17) is 0 Å². The zero-order valence-corrected chi connectivity index (χ0v) is 10.3. The zero-order chi connectivity index (χ0) is 12.5. The first-order valence-electron chi connectivity index (χ1n) is 5.39. The fourth-order valence-electron chi connectivity index (χ4n) is 1.85. The predicted octanol–water partition coefficient (Wildman–Crippen LogP) is 0.366. The van der Waals surface area contributed by atoms with Crippen LogP contribution in [-0.4, -0.2) is 40.9 Å². The van der Waals surface area contributed by atoms with E-state index in [9.17, 15) is 13.2 Å². The minimum atomic E-state index is -2.88. The topological polar surface area (TPSA) is 89.9 Å². The number of Topliss-reactive ketones (excluding diaryl/α,β-unsaturated/α-hetero) is 1. The lowest BCUT2D eigenvalue weighted by Gasteiger charge is -2.20. The number of carbonyl (C=O) groups excluding carboxylic acids is 1. The van der Waals surface area contributed by atoms with Crippen molar-refractivity contribution in [2.24, 2.45) is 0 Å². The highest BCUT2D eigenvalue weighted by Gasteiger charge is 2.26. The van der Waals surface area contributed by atoms with E-state index in [1.807, 2.05) is 0 Å². The van der Waals surface area contributed by atoms with Gasteiger partial charge in [-0.1, -0.05) is 0 Å². The molecule has 0 aliphatic carbocycles. The van der Waals surface area contributed by atoms with Crippen molar-refractivity contribution in [3.63, 3.8) is 0 Å². The lowest BCUT2D eigenvalue weighted by molar-refractivity contribution is 0.100. The number of nitrogens with zero attached hydrogens (tertiary/aromatic N) is 3. The highest BCUT2D eigenvalue weighted by atomic mass is 32.2. The van der Waals surface area contributed by atoms with Crippen molar-refractivity contribution in [2.75, 3.05) is 11.5 Å². The van der Waals surface area contributed by atoms with E-state index in [0.717, 1.165) is 0 Å². The van der Waals surface area contributed by atoms with E-state index in [0.29, 0.717) is 18.5 Å². The molecule has 0 spiro atoms. The Morgan fingerprint density at radius 1 is 1.35 bits per heavy atom. The maximum absolute atomic E-state index is 11.3. The van der Waals surface area contributed by atoms with Crippen LogP contribution in [0.4, 0.5) is 0 Å². The van der Waals surface area contributed by atoms with Gasteiger partial charge in [-0.25, -0.2) is 13.4 Å². The van der Waals surface area contributed by atoms with Gasteiger partial charge in [-0.15, -0.1) is 5.10 Å². The summed E-state index contributed by atoms with van der Waals surface area (Å²) < 4.78 is 22.6. The molecule has 0 amide bonds. The van der Waals surface area contributed by atoms with Crippen LogP contribution >= 0.6 is 0 Å². The van der Waals surface area contributed by atoms with Gasteiger partial charge in [0.1, 0.15) is 9.84 Å². The molecule has 1 aliphatic heterocycles. The Kier molecular flexibility index (Phi) is 3.19. The summed E-state index contributed by atoms with van der Waals surface area (Å²) >= 11 is 0. The van der Waals surface area contributed by atoms with Gasteiger partial charge in [0, 0.05) is 12.8 Å². The van der Waals surface area contributed by atoms with Gasteiger partial charge in [-0.05, 0) is 12.8 Å². The molecule has 6 nitrogen and oxygen atoms in total. The van der Waals surface area contributed by atoms with E-state index in [1.165, 1.54) is 13.1 Å². The molecule has 7 heteroatoms. The highest BCUT2D eigenvalue weighted by Crippen LogP contribution is 2.27. The van der Waals surface area contributed by atoms with Gasteiger partial charge < -0.3 is 0 Å². The number of carbonyl (C=O) groups is 1.